The first-order valence-corrected chi connectivity index (χ1v) is 18.9. The lowest BCUT2D eigenvalue weighted by atomic mass is 9.80. The lowest BCUT2D eigenvalue weighted by Gasteiger charge is -2.25. The molecule has 0 unspecified atom stereocenters. The average Bonchev–Trinajstić information content (AvgIpc) is 3.67. The van der Waals surface area contributed by atoms with Crippen LogP contribution in [0.15, 0.2) is 90.4 Å². The first-order chi connectivity index (χ1) is 23.3. The molecule has 3 heterocycles. The Morgan fingerprint density at radius 3 is 1.64 bits per heavy atom. The molecule has 50 heavy (non-hydrogen) atoms. The number of nitrogens with one attached hydrogen (secondary N) is 1. The zero-order valence-corrected chi connectivity index (χ0v) is 32.8. The smallest absolute Gasteiger partial charge is 0.0789 e. The number of thiophene rings is 1. The monoisotopic (exact) mass is 676 g/mol. The second-order valence-corrected chi connectivity index (χ2v) is 19.4. The zero-order chi connectivity index (χ0) is 36.0. The van der Waals surface area contributed by atoms with Gasteiger partial charge in [0.05, 0.1) is 11.2 Å². The SMILES string of the molecule is CC(C)(C)c1cc(-c2cc(-c3cc(C(C)(C)C)cc4c3[nH]c3ccc(C(C)(C)C)cc34)cc(C(C)(C)C)c2)cc(-c2nccc3sccc23)c1. The van der Waals surface area contributed by atoms with E-state index in [0.29, 0.717) is 0 Å². The fourth-order valence-electron chi connectivity index (χ4n) is 7.00. The van der Waals surface area contributed by atoms with Gasteiger partial charge in [-0.2, -0.15) is 0 Å². The minimum atomic E-state index is -0.0398. The van der Waals surface area contributed by atoms with E-state index in [2.05, 4.69) is 172 Å². The van der Waals surface area contributed by atoms with Crippen LogP contribution in [0.3, 0.4) is 0 Å². The molecule has 2 nitrogen and oxygen atoms in total. The fourth-order valence-corrected chi connectivity index (χ4v) is 7.78. The number of pyridine rings is 1. The highest BCUT2D eigenvalue weighted by Gasteiger charge is 2.24. The van der Waals surface area contributed by atoms with Crippen LogP contribution in [0.5, 0.6) is 0 Å². The standard InChI is InChI=1S/C47H52N2S/c1-44(2,3)32-13-14-40-38(25-32)39-27-35(47(10,11)12)26-37(43(39)49-40)30-19-28(21-33(23-30)45(4,5)6)29-20-31(24-34(22-29)46(7,8)9)42-36-16-18-50-41(36)15-17-48-42/h13-27,49H,1-12H3. The van der Waals surface area contributed by atoms with Crippen molar-refractivity contribution < 1.29 is 0 Å². The van der Waals surface area contributed by atoms with E-state index in [9.17, 15) is 0 Å². The third kappa shape index (κ3) is 6.30. The average molecular weight is 677 g/mol. The van der Waals surface area contributed by atoms with E-state index >= 15 is 0 Å². The molecule has 0 amide bonds. The molecule has 0 radical (unpaired) electrons. The molecule has 0 bridgehead atoms. The molecular formula is C47H52N2S. The number of benzene rings is 4. The Morgan fingerprint density at radius 2 is 1.02 bits per heavy atom. The number of fused-ring (bicyclic) bond motifs is 4. The summed E-state index contributed by atoms with van der Waals surface area (Å²) >= 11 is 1.77. The molecule has 0 saturated carbocycles. The van der Waals surface area contributed by atoms with E-state index in [-0.39, 0.29) is 21.7 Å². The normalized spacial score (nSPS) is 13.2. The molecule has 4 aromatic carbocycles. The highest BCUT2D eigenvalue weighted by Crippen LogP contribution is 2.43. The summed E-state index contributed by atoms with van der Waals surface area (Å²) in [6, 6.07) is 30.5. The Bertz CT molecular complexity index is 2410. The van der Waals surface area contributed by atoms with Gasteiger partial charge in [0.1, 0.15) is 0 Å². The number of hydrogen-bond donors (Lipinski definition) is 1. The van der Waals surface area contributed by atoms with E-state index in [1.807, 2.05) is 6.20 Å². The van der Waals surface area contributed by atoms with Gasteiger partial charge < -0.3 is 4.98 Å². The van der Waals surface area contributed by atoms with Crippen molar-refractivity contribution in [3.63, 3.8) is 0 Å². The van der Waals surface area contributed by atoms with Crippen LogP contribution in [-0.2, 0) is 21.7 Å². The van der Waals surface area contributed by atoms with Gasteiger partial charge in [-0.05, 0) is 121 Å². The predicted molar refractivity (Wildman–Crippen MR) is 220 cm³/mol. The first-order valence-electron chi connectivity index (χ1n) is 18.0. The molecule has 0 aliphatic rings. The molecule has 7 rings (SSSR count). The highest BCUT2D eigenvalue weighted by atomic mass is 32.1. The minimum absolute atomic E-state index is 0.00967. The largest absolute Gasteiger partial charge is 0.354 e. The van der Waals surface area contributed by atoms with Crippen LogP contribution < -0.4 is 0 Å². The van der Waals surface area contributed by atoms with E-state index < -0.39 is 0 Å². The molecule has 0 fully saturated rings. The van der Waals surface area contributed by atoms with Gasteiger partial charge >= 0.3 is 0 Å². The lowest BCUT2D eigenvalue weighted by Crippen LogP contribution is -2.13. The molecule has 7 aromatic rings. The van der Waals surface area contributed by atoms with Crippen molar-refractivity contribution in [3.05, 3.63) is 113 Å². The predicted octanol–water partition coefficient (Wildman–Crippen LogP) is 14.1. The third-order valence-corrected chi connectivity index (χ3v) is 11.2. The van der Waals surface area contributed by atoms with Crippen LogP contribution in [0.25, 0.3) is 65.4 Å². The molecule has 0 atom stereocenters. The molecule has 3 aromatic heterocycles. The van der Waals surface area contributed by atoms with Crippen molar-refractivity contribution in [1.82, 2.24) is 9.97 Å². The fraction of sp³-hybridized carbons (Fsp3) is 0.340. The van der Waals surface area contributed by atoms with E-state index in [4.69, 9.17) is 4.98 Å². The summed E-state index contributed by atoms with van der Waals surface area (Å²) in [7, 11) is 0. The van der Waals surface area contributed by atoms with Gasteiger partial charge in [0.15, 0.2) is 0 Å². The summed E-state index contributed by atoms with van der Waals surface area (Å²) in [5, 5.41) is 5.98. The summed E-state index contributed by atoms with van der Waals surface area (Å²) in [6.45, 7) is 27.8. The van der Waals surface area contributed by atoms with Crippen LogP contribution in [-0.4, -0.2) is 9.97 Å². The zero-order valence-electron chi connectivity index (χ0n) is 32.0. The van der Waals surface area contributed by atoms with Crippen LogP contribution in [0, 0.1) is 0 Å². The molecule has 256 valence electrons. The second-order valence-electron chi connectivity index (χ2n) is 18.4. The Morgan fingerprint density at radius 1 is 0.480 bits per heavy atom. The number of H-pyrrole nitrogens is 1. The van der Waals surface area contributed by atoms with Crippen molar-refractivity contribution >= 4 is 43.2 Å². The number of hydrogen-bond acceptors (Lipinski definition) is 2. The number of nitrogens with zero attached hydrogens (tertiary/aromatic N) is 1. The number of rotatable bonds is 3. The molecule has 0 saturated heterocycles. The van der Waals surface area contributed by atoms with Crippen LogP contribution in [0.2, 0.25) is 0 Å². The maximum Gasteiger partial charge on any atom is 0.0789 e. The number of aromatic amines is 1. The van der Waals surface area contributed by atoms with E-state index in [0.717, 1.165) is 5.69 Å². The van der Waals surface area contributed by atoms with Crippen molar-refractivity contribution in [2.45, 2.75) is 105 Å². The van der Waals surface area contributed by atoms with Gasteiger partial charge in [-0.25, -0.2) is 0 Å². The maximum atomic E-state index is 4.94. The number of aromatic nitrogens is 2. The summed E-state index contributed by atoms with van der Waals surface area (Å²) in [4.78, 5) is 8.83. The van der Waals surface area contributed by atoms with Crippen LogP contribution in [0.4, 0.5) is 0 Å². The van der Waals surface area contributed by atoms with E-state index in [1.165, 1.54) is 82.0 Å². The molecule has 0 aliphatic carbocycles. The summed E-state index contributed by atoms with van der Waals surface area (Å²) in [5.41, 5.74) is 14.9. The van der Waals surface area contributed by atoms with Gasteiger partial charge in [0, 0.05) is 43.7 Å². The Hall–Kier alpha value is -4.21. The summed E-state index contributed by atoms with van der Waals surface area (Å²) in [6.07, 6.45) is 1.95. The van der Waals surface area contributed by atoms with E-state index in [1.54, 1.807) is 11.3 Å². The minimum Gasteiger partial charge on any atom is -0.354 e. The summed E-state index contributed by atoms with van der Waals surface area (Å²) in [5.74, 6) is 0. The highest BCUT2D eigenvalue weighted by molar-refractivity contribution is 7.17. The Kier molecular flexibility index (Phi) is 7.99. The van der Waals surface area contributed by atoms with Crippen molar-refractivity contribution in [3.8, 4) is 33.5 Å². The van der Waals surface area contributed by atoms with Crippen molar-refractivity contribution in [2.75, 3.05) is 0 Å². The van der Waals surface area contributed by atoms with Gasteiger partial charge in [-0.3, -0.25) is 4.98 Å². The van der Waals surface area contributed by atoms with Crippen LogP contribution >= 0.6 is 11.3 Å². The van der Waals surface area contributed by atoms with Crippen LogP contribution in [0.1, 0.15) is 105 Å². The molecule has 0 spiro atoms. The Balaban J connectivity index is 1.52. The van der Waals surface area contributed by atoms with Gasteiger partial charge in [-0.15, -0.1) is 11.3 Å². The quantitative estimate of drug-likeness (QED) is 0.198. The maximum absolute atomic E-state index is 4.94. The van der Waals surface area contributed by atoms with Gasteiger partial charge in [0.25, 0.3) is 0 Å². The molecule has 3 heteroatoms. The summed E-state index contributed by atoms with van der Waals surface area (Å²) < 4.78 is 1.27. The third-order valence-electron chi connectivity index (χ3n) is 10.3. The second kappa shape index (κ2) is 11.7. The van der Waals surface area contributed by atoms with Crippen molar-refractivity contribution in [2.24, 2.45) is 0 Å². The first kappa shape index (κ1) is 34.2. The van der Waals surface area contributed by atoms with Crippen molar-refractivity contribution in [1.29, 1.82) is 0 Å². The topological polar surface area (TPSA) is 28.7 Å². The van der Waals surface area contributed by atoms with Gasteiger partial charge in [0.2, 0.25) is 0 Å². The molecular weight excluding hydrogens is 625 g/mol. The molecule has 0 aliphatic heterocycles. The lowest BCUT2D eigenvalue weighted by molar-refractivity contribution is 0.589. The molecule has 1 N–H and O–H groups in total. The van der Waals surface area contributed by atoms with Gasteiger partial charge in [-0.1, -0.05) is 107 Å². The Labute approximate surface area is 303 Å².